The Labute approximate surface area is 208 Å². The Morgan fingerprint density at radius 2 is 1.78 bits per heavy atom. The third-order valence-corrected chi connectivity index (χ3v) is 7.32. The lowest BCUT2D eigenvalue weighted by atomic mass is 9.76. The minimum Gasteiger partial charge on any atom is -0.385 e. The fraction of sp³-hybridized carbons (Fsp3) is 0.481. The normalized spacial score (nSPS) is 24.5. The number of aliphatic hydroxyl groups is 1. The number of carbonyl (C=O) groups is 2. The van der Waals surface area contributed by atoms with Gasteiger partial charge in [-0.2, -0.15) is 13.2 Å². The number of carbonyl (C=O) groups excluding carboxylic acids is 2. The van der Waals surface area contributed by atoms with E-state index in [1.807, 2.05) is 31.2 Å². The van der Waals surface area contributed by atoms with Gasteiger partial charge in [0.1, 0.15) is 0 Å². The van der Waals surface area contributed by atoms with Crippen LogP contribution < -0.4 is 10.6 Å². The van der Waals surface area contributed by atoms with Crippen LogP contribution in [0.5, 0.6) is 0 Å². The first-order valence-corrected chi connectivity index (χ1v) is 12.3. The van der Waals surface area contributed by atoms with Crippen molar-refractivity contribution in [3.05, 3.63) is 70.8 Å². The first kappa shape index (κ1) is 26.2. The molecular formula is C27H32F3N3O3. The number of rotatable bonds is 6. The summed E-state index contributed by atoms with van der Waals surface area (Å²) in [5, 5.41) is 17.2. The fourth-order valence-corrected chi connectivity index (χ4v) is 5.29. The molecule has 2 aromatic rings. The number of nitrogens with one attached hydrogen (secondary N) is 2. The topological polar surface area (TPSA) is 81.7 Å². The van der Waals surface area contributed by atoms with Crippen LogP contribution in [-0.2, 0) is 16.6 Å². The summed E-state index contributed by atoms with van der Waals surface area (Å²) in [7, 11) is 0. The maximum atomic E-state index is 12.9. The SMILES string of the molecule is Cc1ccccc1C1(O)CCC(N[C@H]2CCN(C(=O)CNC(=O)c3cccc(C(F)(F)F)c3)C2)CC1. The van der Waals surface area contributed by atoms with Crippen molar-refractivity contribution in [2.75, 3.05) is 19.6 Å². The minimum absolute atomic E-state index is 0.128. The number of aryl methyl sites for hydroxylation is 1. The molecule has 0 bridgehead atoms. The molecule has 1 aliphatic carbocycles. The molecule has 4 rings (SSSR count). The fourth-order valence-electron chi connectivity index (χ4n) is 5.29. The van der Waals surface area contributed by atoms with Gasteiger partial charge >= 0.3 is 6.18 Å². The van der Waals surface area contributed by atoms with Gasteiger partial charge in [-0.05, 0) is 68.4 Å². The van der Waals surface area contributed by atoms with Crippen molar-refractivity contribution in [3.8, 4) is 0 Å². The van der Waals surface area contributed by atoms with Crippen molar-refractivity contribution in [2.45, 2.75) is 62.9 Å². The molecule has 1 atom stereocenters. The van der Waals surface area contributed by atoms with E-state index in [4.69, 9.17) is 0 Å². The van der Waals surface area contributed by atoms with Gasteiger partial charge in [0.15, 0.2) is 0 Å². The zero-order chi connectivity index (χ0) is 25.9. The summed E-state index contributed by atoms with van der Waals surface area (Å²) in [6.07, 6.45) is -0.739. The maximum Gasteiger partial charge on any atom is 0.416 e. The predicted molar refractivity (Wildman–Crippen MR) is 129 cm³/mol. The van der Waals surface area contributed by atoms with Crippen LogP contribution in [0.2, 0.25) is 0 Å². The Balaban J connectivity index is 1.22. The molecule has 1 saturated heterocycles. The van der Waals surface area contributed by atoms with Crippen molar-refractivity contribution in [2.24, 2.45) is 0 Å². The van der Waals surface area contributed by atoms with Gasteiger partial charge in [-0.3, -0.25) is 9.59 Å². The van der Waals surface area contributed by atoms with Crippen molar-refractivity contribution in [1.29, 1.82) is 0 Å². The molecule has 2 aliphatic rings. The van der Waals surface area contributed by atoms with Crippen LogP contribution in [0.4, 0.5) is 13.2 Å². The molecule has 1 saturated carbocycles. The van der Waals surface area contributed by atoms with Gasteiger partial charge < -0.3 is 20.6 Å². The van der Waals surface area contributed by atoms with E-state index in [-0.39, 0.29) is 30.1 Å². The number of likely N-dealkylation sites (tertiary alicyclic amines) is 1. The highest BCUT2D eigenvalue weighted by Gasteiger charge is 2.37. The van der Waals surface area contributed by atoms with Gasteiger partial charge in [0, 0.05) is 30.7 Å². The third kappa shape index (κ3) is 6.07. The van der Waals surface area contributed by atoms with Crippen molar-refractivity contribution in [3.63, 3.8) is 0 Å². The average molecular weight is 504 g/mol. The molecule has 9 heteroatoms. The lowest BCUT2D eigenvalue weighted by Crippen LogP contribution is -2.46. The Bertz CT molecular complexity index is 1100. The molecule has 2 aromatic carbocycles. The standard InChI is InChI=1S/C27H32F3N3O3/c1-18-5-2-3-8-23(18)26(36)12-9-21(10-13-26)32-22-11-14-33(17-22)24(34)16-31-25(35)19-6-4-7-20(15-19)27(28,29)30/h2-8,15,21-22,32,36H,9-14,16-17H2,1H3,(H,31,35)/t21?,22-,26?/m0/s1. The Morgan fingerprint density at radius 3 is 2.47 bits per heavy atom. The van der Waals surface area contributed by atoms with Crippen LogP contribution in [-0.4, -0.2) is 53.5 Å². The zero-order valence-corrected chi connectivity index (χ0v) is 20.3. The van der Waals surface area contributed by atoms with Gasteiger partial charge in [-0.15, -0.1) is 0 Å². The second kappa shape index (κ2) is 10.6. The first-order valence-electron chi connectivity index (χ1n) is 12.3. The Morgan fingerprint density at radius 1 is 1.06 bits per heavy atom. The van der Waals surface area contributed by atoms with E-state index in [0.29, 0.717) is 25.9 Å². The molecule has 6 nitrogen and oxygen atoms in total. The molecule has 3 N–H and O–H groups in total. The summed E-state index contributed by atoms with van der Waals surface area (Å²) in [6.45, 7) is 2.81. The van der Waals surface area contributed by atoms with Crippen LogP contribution >= 0.6 is 0 Å². The Kier molecular flexibility index (Phi) is 7.70. The van der Waals surface area contributed by atoms with E-state index in [2.05, 4.69) is 10.6 Å². The maximum absolute atomic E-state index is 12.9. The summed E-state index contributed by atoms with van der Waals surface area (Å²) in [5.41, 5.74) is 0.236. The van der Waals surface area contributed by atoms with Crippen LogP contribution in [0.15, 0.2) is 48.5 Å². The second-order valence-corrected chi connectivity index (χ2v) is 9.87. The van der Waals surface area contributed by atoms with Crippen molar-refractivity contribution >= 4 is 11.8 Å². The molecule has 194 valence electrons. The van der Waals surface area contributed by atoms with Gasteiger partial charge in [0.25, 0.3) is 5.91 Å². The number of halogens is 3. The lowest BCUT2D eigenvalue weighted by molar-refractivity contribution is -0.137. The largest absolute Gasteiger partial charge is 0.416 e. The lowest BCUT2D eigenvalue weighted by Gasteiger charge is -2.38. The van der Waals surface area contributed by atoms with Gasteiger partial charge in [-0.25, -0.2) is 0 Å². The summed E-state index contributed by atoms with van der Waals surface area (Å²) < 4.78 is 38.6. The molecule has 2 amide bonds. The van der Waals surface area contributed by atoms with E-state index < -0.39 is 23.2 Å². The van der Waals surface area contributed by atoms with E-state index in [1.54, 1.807) is 4.90 Å². The molecular weight excluding hydrogens is 471 g/mol. The quantitative estimate of drug-likeness (QED) is 0.561. The number of alkyl halides is 3. The van der Waals surface area contributed by atoms with E-state index in [9.17, 15) is 27.9 Å². The average Bonchev–Trinajstić information content (AvgIpc) is 3.32. The molecule has 0 unspecified atom stereocenters. The number of benzene rings is 2. The van der Waals surface area contributed by atoms with Crippen molar-refractivity contribution in [1.82, 2.24) is 15.5 Å². The molecule has 2 fully saturated rings. The molecule has 0 spiro atoms. The van der Waals surface area contributed by atoms with Gasteiger partial charge in [0.2, 0.25) is 5.91 Å². The number of nitrogens with zero attached hydrogens (tertiary/aromatic N) is 1. The monoisotopic (exact) mass is 503 g/mol. The Hall–Kier alpha value is -2.91. The van der Waals surface area contributed by atoms with E-state index >= 15 is 0 Å². The molecule has 1 aliphatic heterocycles. The van der Waals surface area contributed by atoms with Crippen molar-refractivity contribution < 1.29 is 27.9 Å². The van der Waals surface area contributed by atoms with Gasteiger partial charge in [0.05, 0.1) is 17.7 Å². The first-order chi connectivity index (χ1) is 17.0. The highest BCUT2D eigenvalue weighted by molar-refractivity contribution is 5.96. The van der Waals surface area contributed by atoms with Crippen LogP contribution in [0, 0.1) is 6.92 Å². The molecule has 1 heterocycles. The summed E-state index contributed by atoms with van der Waals surface area (Å²) in [6, 6.07) is 12.5. The summed E-state index contributed by atoms with van der Waals surface area (Å²) in [5.74, 6) is -0.983. The number of amides is 2. The van der Waals surface area contributed by atoms with Crippen LogP contribution in [0.1, 0.15) is 59.2 Å². The molecule has 0 aromatic heterocycles. The minimum atomic E-state index is -4.54. The van der Waals surface area contributed by atoms with Gasteiger partial charge in [-0.1, -0.05) is 30.3 Å². The zero-order valence-electron chi connectivity index (χ0n) is 20.3. The van der Waals surface area contributed by atoms with E-state index in [0.717, 1.165) is 42.5 Å². The van der Waals surface area contributed by atoms with Crippen LogP contribution in [0.3, 0.4) is 0 Å². The summed E-state index contributed by atoms with van der Waals surface area (Å²) >= 11 is 0. The highest BCUT2D eigenvalue weighted by Crippen LogP contribution is 2.38. The highest BCUT2D eigenvalue weighted by atomic mass is 19.4. The predicted octanol–water partition coefficient (Wildman–Crippen LogP) is 3.76. The van der Waals surface area contributed by atoms with Crippen LogP contribution in [0.25, 0.3) is 0 Å². The molecule has 36 heavy (non-hydrogen) atoms. The number of hydrogen-bond acceptors (Lipinski definition) is 4. The number of hydrogen-bond donors (Lipinski definition) is 3. The van der Waals surface area contributed by atoms with E-state index in [1.165, 1.54) is 12.1 Å². The second-order valence-electron chi connectivity index (χ2n) is 9.87. The smallest absolute Gasteiger partial charge is 0.385 e. The molecule has 0 radical (unpaired) electrons. The summed E-state index contributed by atoms with van der Waals surface area (Å²) in [4.78, 5) is 26.5. The third-order valence-electron chi connectivity index (χ3n) is 7.32.